The Morgan fingerprint density at radius 2 is 0.864 bits per heavy atom. The molecule has 2 fully saturated rings. The lowest BCUT2D eigenvalue weighted by molar-refractivity contribution is -0.332. The monoisotopic (exact) mass is 945 g/mol. The Bertz CT molecular complexity index is 1250. The summed E-state index contributed by atoms with van der Waals surface area (Å²) in [6.07, 6.45) is 22.3. The van der Waals surface area contributed by atoms with Crippen LogP contribution in [0.15, 0.2) is 24.3 Å². The maximum Gasteiger partial charge on any atom is 0.306 e. The van der Waals surface area contributed by atoms with E-state index in [1.54, 1.807) is 0 Å². The van der Waals surface area contributed by atoms with Gasteiger partial charge in [-0.15, -0.1) is 0 Å². The van der Waals surface area contributed by atoms with Crippen LogP contribution in [0.4, 0.5) is 0 Å². The summed E-state index contributed by atoms with van der Waals surface area (Å²) >= 11 is 0. The summed E-state index contributed by atoms with van der Waals surface area (Å²) in [5.74, 6) is -1.03. The van der Waals surface area contributed by atoms with Crippen LogP contribution in [0.5, 0.6) is 0 Å². The summed E-state index contributed by atoms with van der Waals surface area (Å²) < 4.78 is 33.5. The SMILES string of the molecule is CCCCCCCCCCCCC/C=C/CCC(=O)OC[C@H](CO[C@@H]1O[C@H](CO[C@@H]2O[C@H](CO)[C@H](O)C(O)C2O)[C@H](O)C(O)C1O)OC(=O)CC/C=C/CCCCCCCCCCCCC. The van der Waals surface area contributed by atoms with Crippen LogP contribution in [0.25, 0.3) is 0 Å². The van der Waals surface area contributed by atoms with Crippen molar-refractivity contribution >= 4 is 11.9 Å². The minimum atomic E-state index is -1.77. The molecule has 0 bridgehead atoms. The lowest BCUT2D eigenvalue weighted by Crippen LogP contribution is -2.61. The predicted octanol–water partition coefficient (Wildman–Crippen LogP) is 7.16. The molecule has 2 rings (SSSR count). The van der Waals surface area contributed by atoms with Crippen LogP contribution in [-0.4, -0.2) is 142 Å². The zero-order chi connectivity index (χ0) is 48.2. The van der Waals surface area contributed by atoms with E-state index in [2.05, 4.69) is 26.0 Å². The molecule has 0 radical (unpaired) electrons. The molecule has 15 nitrogen and oxygen atoms in total. The average Bonchev–Trinajstić information content (AvgIpc) is 3.31. The van der Waals surface area contributed by atoms with Crippen molar-refractivity contribution in [3.8, 4) is 0 Å². The Morgan fingerprint density at radius 1 is 0.470 bits per heavy atom. The number of unbranched alkanes of at least 4 members (excludes halogenated alkanes) is 22. The molecule has 7 N–H and O–H groups in total. The number of allylic oxidation sites excluding steroid dienone is 4. The minimum absolute atomic E-state index is 0.0773. The standard InChI is InChI=1S/C51H92O15/c1-3-5-7-9-11-13-15-17-19-21-23-25-27-29-31-33-42(53)61-36-39(64-43(54)34-32-30-28-26-24-22-20-18-16-14-12-10-8-6-4-2)37-62-50-49(60)47(58)45(56)41(66-50)38-63-51-48(59)46(57)44(55)40(35-52)65-51/h27-30,39-41,44-52,55-60H,3-26,31-38H2,1-2H3/b29-27+,30-28+/t39-,40-,41-,44+,45+,46?,47?,48?,49?,50-,51-/m1/s1. The average molecular weight is 945 g/mol. The van der Waals surface area contributed by atoms with Gasteiger partial charge in [-0.05, 0) is 38.5 Å². The summed E-state index contributed by atoms with van der Waals surface area (Å²) in [6, 6.07) is 0. The highest BCUT2D eigenvalue weighted by atomic mass is 16.7. The lowest BCUT2D eigenvalue weighted by atomic mass is 9.98. The molecule has 66 heavy (non-hydrogen) atoms. The van der Waals surface area contributed by atoms with Crippen LogP contribution in [-0.2, 0) is 38.0 Å². The molecule has 0 aliphatic carbocycles. The quantitative estimate of drug-likeness (QED) is 0.0184. The van der Waals surface area contributed by atoms with Crippen LogP contribution in [0, 0.1) is 0 Å². The van der Waals surface area contributed by atoms with Gasteiger partial charge in [-0.3, -0.25) is 9.59 Å². The second-order valence-corrected chi connectivity index (χ2v) is 18.3. The van der Waals surface area contributed by atoms with Gasteiger partial charge in [-0.2, -0.15) is 0 Å². The van der Waals surface area contributed by atoms with Crippen LogP contribution in [0.1, 0.15) is 194 Å². The zero-order valence-corrected chi connectivity index (χ0v) is 40.7. The second kappa shape index (κ2) is 38.8. The Balaban J connectivity index is 1.83. The summed E-state index contributed by atoms with van der Waals surface area (Å²) in [7, 11) is 0. The van der Waals surface area contributed by atoms with Gasteiger partial charge in [0.2, 0.25) is 0 Å². The summed E-state index contributed by atoms with van der Waals surface area (Å²) in [4.78, 5) is 25.7. The molecule has 4 unspecified atom stereocenters. The van der Waals surface area contributed by atoms with Gasteiger partial charge in [0.15, 0.2) is 18.7 Å². The van der Waals surface area contributed by atoms with E-state index < -0.39 is 99.3 Å². The van der Waals surface area contributed by atoms with Crippen LogP contribution in [0.3, 0.4) is 0 Å². The number of ether oxygens (including phenoxy) is 6. The van der Waals surface area contributed by atoms with Crippen molar-refractivity contribution in [2.24, 2.45) is 0 Å². The molecule has 0 amide bonds. The minimum Gasteiger partial charge on any atom is -0.462 e. The summed E-state index contributed by atoms with van der Waals surface area (Å²) in [5.41, 5.74) is 0. The van der Waals surface area contributed by atoms with Crippen molar-refractivity contribution in [1.82, 2.24) is 0 Å². The Labute approximate surface area is 396 Å². The first-order valence-corrected chi connectivity index (χ1v) is 25.9. The van der Waals surface area contributed by atoms with Gasteiger partial charge in [-0.1, -0.05) is 167 Å². The Hall–Kier alpha value is -2.02. The number of esters is 2. The third-order valence-corrected chi connectivity index (χ3v) is 12.4. The first-order valence-electron chi connectivity index (χ1n) is 25.9. The van der Waals surface area contributed by atoms with Crippen molar-refractivity contribution < 1.29 is 73.8 Å². The molecule has 2 saturated heterocycles. The van der Waals surface area contributed by atoms with Crippen molar-refractivity contribution in [3.63, 3.8) is 0 Å². The Kier molecular flexibility index (Phi) is 35.3. The van der Waals surface area contributed by atoms with Crippen molar-refractivity contribution in [1.29, 1.82) is 0 Å². The van der Waals surface area contributed by atoms with Gasteiger partial charge >= 0.3 is 11.9 Å². The van der Waals surface area contributed by atoms with Gasteiger partial charge in [0.05, 0.1) is 19.8 Å². The van der Waals surface area contributed by atoms with E-state index >= 15 is 0 Å². The highest BCUT2D eigenvalue weighted by molar-refractivity contribution is 5.70. The zero-order valence-electron chi connectivity index (χ0n) is 40.7. The third kappa shape index (κ3) is 26.7. The van der Waals surface area contributed by atoms with E-state index in [0.29, 0.717) is 12.8 Å². The summed E-state index contributed by atoms with van der Waals surface area (Å²) in [6.45, 7) is 2.52. The van der Waals surface area contributed by atoms with Crippen molar-refractivity contribution in [3.05, 3.63) is 24.3 Å². The van der Waals surface area contributed by atoms with Crippen LogP contribution in [0.2, 0.25) is 0 Å². The number of aliphatic hydroxyl groups is 7. The molecule has 11 atom stereocenters. The molecule has 0 saturated carbocycles. The number of hydrogen-bond donors (Lipinski definition) is 7. The van der Waals surface area contributed by atoms with Gasteiger partial charge in [0.25, 0.3) is 0 Å². The molecule has 2 aliphatic rings. The van der Waals surface area contributed by atoms with Gasteiger partial charge in [0.1, 0.15) is 55.4 Å². The van der Waals surface area contributed by atoms with E-state index in [4.69, 9.17) is 28.4 Å². The molecular weight excluding hydrogens is 853 g/mol. The third-order valence-electron chi connectivity index (χ3n) is 12.4. The number of aliphatic hydroxyl groups excluding tert-OH is 7. The fourth-order valence-corrected chi connectivity index (χ4v) is 8.13. The van der Waals surface area contributed by atoms with E-state index in [1.807, 2.05) is 12.2 Å². The van der Waals surface area contributed by atoms with Crippen molar-refractivity contribution in [2.75, 3.05) is 26.4 Å². The van der Waals surface area contributed by atoms with Crippen LogP contribution < -0.4 is 0 Å². The number of carbonyl (C=O) groups is 2. The largest absolute Gasteiger partial charge is 0.462 e. The van der Waals surface area contributed by atoms with E-state index in [9.17, 15) is 45.3 Å². The van der Waals surface area contributed by atoms with Crippen LogP contribution >= 0.6 is 0 Å². The van der Waals surface area contributed by atoms with E-state index in [-0.39, 0.29) is 19.4 Å². The molecular formula is C51H92O15. The molecule has 0 aromatic carbocycles. The fraction of sp³-hybridized carbons (Fsp3) is 0.882. The molecule has 2 heterocycles. The molecule has 15 heteroatoms. The second-order valence-electron chi connectivity index (χ2n) is 18.3. The fourth-order valence-electron chi connectivity index (χ4n) is 8.13. The number of hydrogen-bond acceptors (Lipinski definition) is 15. The maximum atomic E-state index is 13.0. The topological polar surface area (TPSA) is 231 Å². The van der Waals surface area contributed by atoms with Gasteiger partial charge in [0, 0.05) is 12.8 Å². The van der Waals surface area contributed by atoms with E-state index in [1.165, 1.54) is 128 Å². The van der Waals surface area contributed by atoms with Gasteiger partial charge < -0.3 is 64.2 Å². The molecule has 0 spiro atoms. The number of rotatable bonds is 40. The first-order chi connectivity index (χ1) is 32.0. The maximum absolute atomic E-state index is 13.0. The molecule has 386 valence electrons. The first kappa shape index (κ1) is 60.1. The normalized spacial score (nSPS) is 26.3. The lowest BCUT2D eigenvalue weighted by Gasteiger charge is -2.42. The smallest absolute Gasteiger partial charge is 0.306 e. The highest BCUT2D eigenvalue weighted by Crippen LogP contribution is 2.26. The highest BCUT2D eigenvalue weighted by Gasteiger charge is 2.47. The van der Waals surface area contributed by atoms with E-state index in [0.717, 1.165) is 25.7 Å². The molecule has 2 aliphatic heterocycles. The summed E-state index contributed by atoms with van der Waals surface area (Å²) in [5, 5.41) is 72.0. The molecule has 0 aromatic heterocycles. The Morgan fingerprint density at radius 3 is 1.33 bits per heavy atom. The number of carbonyl (C=O) groups excluding carboxylic acids is 2. The predicted molar refractivity (Wildman–Crippen MR) is 252 cm³/mol. The van der Waals surface area contributed by atoms with Crippen molar-refractivity contribution in [2.45, 2.75) is 261 Å². The molecule has 0 aromatic rings. The van der Waals surface area contributed by atoms with Gasteiger partial charge in [-0.25, -0.2) is 0 Å².